The topological polar surface area (TPSA) is 73.6 Å². The van der Waals surface area contributed by atoms with E-state index in [-0.39, 0.29) is 17.8 Å². The van der Waals surface area contributed by atoms with Gasteiger partial charge in [0.25, 0.3) is 5.91 Å². The van der Waals surface area contributed by atoms with Crippen LogP contribution in [0.4, 0.5) is 5.69 Å². The summed E-state index contributed by atoms with van der Waals surface area (Å²) in [6, 6.07) is 9.01. The van der Waals surface area contributed by atoms with Gasteiger partial charge in [-0.25, -0.2) is 0 Å². The molecule has 2 heterocycles. The van der Waals surface area contributed by atoms with Gasteiger partial charge in [0.15, 0.2) is 0 Å². The minimum atomic E-state index is -0.289. The maximum Gasteiger partial charge on any atom is 0.294 e. The number of nitrogens with zero attached hydrogens (tertiary/aromatic N) is 1. The zero-order valence-electron chi connectivity index (χ0n) is 13.4. The number of carbonyl (C=O) groups excluding carboxylic acids is 1. The fraction of sp³-hybridized carbons (Fsp3) is 0.444. The molecule has 0 spiro atoms. The SMILES string of the molecule is O=C(Nc1ccc(OCC2CCCO2)cc1)c1cc(C2CC2)no1. The van der Waals surface area contributed by atoms with Gasteiger partial charge < -0.3 is 19.3 Å². The van der Waals surface area contributed by atoms with E-state index in [0.29, 0.717) is 18.2 Å². The van der Waals surface area contributed by atoms with E-state index in [0.717, 1.165) is 43.7 Å². The van der Waals surface area contributed by atoms with Gasteiger partial charge in [-0.05, 0) is 49.9 Å². The Morgan fingerprint density at radius 1 is 1.25 bits per heavy atom. The van der Waals surface area contributed by atoms with Crippen LogP contribution in [0.2, 0.25) is 0 Å². The van der Waals surface area contributed by atoms with Crippen molar-refractivity contribution in [2.75, 3.05) is 18.5 Å². The minimum Gasteiger partial charge on any atom is -0.491 e. The molecule has 1 aliphatic carbocycles. The third-order valence-electron chi connectivity index (χ3n) is 4.32. The second-order valence-corrected chi connectivity index (χ2v) is 6.31. The Balaban J connectivity index is 1.31. The first-order valence-corrected chi connectivity index (χ1v) is 8.40. The Kier molecular flexibility index (Phi) is 4.21. The molecule has 24 heavy (non-hydrogen) atoms. The first kappa shape index (κ1) is 15.2. The molecule has 1 N–H and O–H groups in total. The number of nitrogens with one attached hydrogen (secondary N) is 1. The summed E-state index contributed by atoms with van der Waals surface area (Å²) in [5.74, 6) is 1.19. The summed E-state index contributed by atoms with van der Waals surface area (Å²) in [4.78, 5) is 12.2. The molecule has 1 saturated carbocycles. The van der Waals surface area contributed by atoms with Crippen LogP contribution in [-0.2, 0) is 4.74 Å². The van der Waals surface area contributed by atoms with E-state index in [1.54, 1.807) is 18.2 Å². The fourth-order valence-corrected chi connectivity index (χ4v) is 2.76. The Morgan fingerprint density at radius 2 is 2.08 bits per heavy atom. The lowest BCUT2D eigenvalue weighted by Gasteiger charge is -2.11. The van der Waals surface area contributed by atoms with Gasteiger partial charge in [0, 0.05) is 24.3 Å². The van der Waals surface area contributed by atoms with Crippen LogP contribution >= 0.6 is 0 Å². The van der Waals surface area contributed by atoms with Gasteiger partial charge in [-0.1, -0.05) is 5.16 Å². The average Bonchev–Trinajstić information content (AvgIpc) is 3.12. The smallest absolute Gasteiger partial charge is 0.294 e. The van der Waals surface area contributed by atoms with Crippen LogP contribution < -0.4 is 10.1 Å². The van der Waals surface area contributed by atoms with Crippen LogP contribution in [0.1, 0.15) is 47.8 Å². The van der Waals surface area contributed by atoms with Crippen LogP contribution in [0.25, 0.3) is 0 Å². The van der Waals surface area contributed by atoms with Crippen molar-refractivity contribution in [1.29, 1.82) is 0 Å². The number of aromatic nitrogens is 1. The summed E-state index contributed by atoms with van der Waals surface area (Å²) in [5.41, 5.74) is 1.56. The van der Waals surface area contributed by atoms with E-state index in [1.165, 1.54) is 0 Å². The van der Waals surface area contributed by atoms with Crippen LogP contribution in [0.3, 0.4) is 0 Å². The summed E-state index contributed by atoms with van der Waals surface area (Å²) in [6.07, 6.45) is 4.59. The number of hydrogen-bond donors (Lipinski definition) is 1. The Hall–Kier alpha value is -2.34. The highest BCUT2D eigenvalue weighted by atomic mass is 16.5. The molecule has 1 unspecified atom stereocenters. The largest absolute Gasteiger partial charge is 0.491 e. The molecule has 1 atom stereocenters. The van der Waals surface area contributed by atoms with E-state index in [1.807, 2.05) is 12.1 Å². The summed E-state index contributed by atoms with van der Waals surface area (Å²) in [5, 5.41) is 6.75. The van der Waals surface area contributed by atoms with Gasteiger partial charge in [-0.2, -0.15) is 0 Å². The maximum absolute atomic E-state index is 12.2. The van der Waals surface area contributed by atoms with E-state index in [9.17, 15) is 4.79 Å². The molecule has 4 rings (SSSR count). The van der Waals surface area contributed by atoms with Gasteiger partial charge in [0.2, 0.25) is 5.76 Å². The highest BCUT2D eigenvalue weighted by Crippen LogP contribution is 2.39. The van der Waals surface area contributed by atoms with Crippen LogP contribution in [0.5, 0.6) is 5.75 Å². The van der Waals surface area contributed by atoms with Crippen molar-refractivity contribution in [1.82, 2.24) is 5.16 Å². The molecule has 2 aliphatic rings. The van der Waals surface area contributed by atoms with Crippen molar-refractivity contribution < 1.29 is 18.8 Å². The molecular weight excluding hydrogens is 308 g/mol. The molecule has 1 aliphatic heterocycles. The maximum atomic E-state index is 12.2. The summed E-state index contributed by atoms with van der Waals surface area (Å²) in [7, 11) is 0. The predicted octanol–water partition coefficient (Wildman–Crippen LogP) is 3.36. The van der Waals surface area contributed by atoms with Crippen LogP contribution in [-0.4, -0.2) is 30.4 Å². The Labute approximate surface area is 140 Å². The number of benzene rings is 1. The lowest BCUT2D eigenvalue weighted by atomic mass is 10.2. The number of rotatable bonds is 6. The lowest BCUT2D eigenvalue weighted by Crippen LogP contribution is -2.16. The molecule has 1 saturated heterocycles. The molecular formula is C18H20N2O4. The van der Waals surface area contributed by atoms with Crippen molar-refractivity contribution in [3.05, 3.63) is 41.8 Å². The quantitative estimate of drug-likeness (QED) is 0.880. The molecule has 2 aromatic rings. The normalized spacial score (nSPS) is 20.1. The Morgan fingerprint density at radius 3 is 2.79 bits per heavy atom. The molecule has 1 aromatic carbocycles. The lowest BCUT2D eigenvalue weighted by molar-refractivity contribution is 0.0679. The van der Waals surface area contributed by atoms with E-state index < -0.39 is 0 Å². The number of amides is 1. The highest BCUT2D eigenvalue weighted by Gasteiger charge is 2.28. The van der Waals surface area contributed by atoms with Crippen LogP contribution in [0, 0.1) is 0 Å². The molecule has 126 valence electrons. The van der Waals surface area contributed by atoms with Gasteiger partial charge in [0.1, 0.15) is 12.4 Å². The third kappa shape index (κ3) is 3.59. The van der Waals surface area contributed by atoms with E-state index >= 15 is 0 Å². The monoisotopic (exact) mass is 328 g/mol. The summed E-state index contributed by atoms with van der Waals surface area (Å²) in [6.45, 7) is 1.39. The van der Waals surface area contributed by atoms with Gasteiger partial charge in [-0.15, -0.1) is 0 Å². The molecule has 0 radical (unpaired) electrons. The number of hydrogen-bond acceptors (Lipinski definition) is 5. The molecule has 1 aromatic heterocycles. The van der Waals surface area contributed by atoms with E-state index in [2.05, 4.69) is 10.5 Å². The van der Waals surface area contributed by atoms with Crippen LogP contribution in [0.15, 0.2) is 34.9 Å². The zero-order valence-corrected chi connectivity index (χ0v) is 13.4. The van der Waals surface area contributed by atoms with Crippen molar-refractivity contribution in [3.8, 4) is 5.75 Å². The number of ether oxygens (including phenoxy) is 2. The van der Waals surface area contributed by atoms with E-state index in [4.69, 9.17) is 14.0 Å². The minimum absolute atomic E-state index is 0.191. The second-order valence-electron chi connectivity index (χ2n) is 6.31. The van der Waals surface area contributed by atoms with Gasteiger partial charge >= 0.3 is 0 Å². The standard InChI is InChI=1S/C18H20N2O4/c21-18(17-10-16(20-24-17)12-3-4-12)19-13-5-7-14(8-6-13)23-11-15-2-1-9-22-15/h5-8,10,12,15H,1-4,9,11H2,(H,19,21). The first-order chi connectivity index (χ1) is 11.8. The Bertz CT molecular complexity index is 700. The molecule has 1 amide bonds. The predicted molar refractivity (Wildman–Crippen MR) is 87.3 cm³/mol. The zero-order chi connectivity index (χ0) is 16.4. The molecule has 0 bridgehead atoms. The molecule has 2 fully saturated rings. The highest BCUT2D eigenvalue weighted by molar-refractivity contribution is 6.02. The number of carbonyl (C=O) groups is 1. The van der Waals surface area contributed by atoms with Crippen molar-refractivity contribution >= 4 is 11.6 Å². The van der Waals surface area contributed by atoms with Crippen molar-refractivity contribution in [2.45, 2.75) is 37.7 Å². The summed E-state index contributed by atoms with van der Waals surface area (Å²) >= 11 is 0. The fourth-order valence-electron chi connectivity index (χ4n) is 2.76. The second kappa shape index (κ2) is 6.65. The number of anilines is 1. The third-order valence-corrected chi connectivity index (χ3v) is 4.32. The average molecular weight is 328 g/mol. The molecule has 6 heteroatoms. The van der Waals surface area contributed by atoms with Gasteiger partial charge in [0.05, 0.1) is 11.8 Å². The van der Waals surface area contributed by atoms with Gasteiger partial charge in [-0.3, -0.25) is 4.79 Å². The first-order valence-electron chi connectivity index (χ1n) is 8.40. The summed E-state index contributed by atoms with van der Waals surface area (Å²) < 4.78 is 16.3. The van der Waals surface area contributed by atoms with Crippen molar-refractivity contribution in [3.63, 3.8) is 0 Å². The van der Waals surface area contributed by atoms with Crippen molar-refractivity contribution in [2.24, 2.45) is 0 Å². The molecule has 6 nitrogen and oxygen atoms in total.